The Hall–Kier alpha value is -2.51. The van der Waals surface area contributed by atoms with E-state index in [4.69, 9.17) is 15.0 Å². The molecule has 131 valence electrons. The maximum Gasteiger partial charge on any atom is 0.425 e. The van der Waals surface area contributed by atoms with Gasteiger partial charge in [0.05, 0.1) is 11.1 Å². The number of nitrogens with one attached hydrogen (secondary N) is 1. The van der Waals surface area contributed by atoms with Crippen molar-refractivity contribution >= 4 is 19.7 Å². The van der Waals surface area contributed by atoms with Crippen LogP contribution in [0.25, 0.3) is 0 Å². The number of ether oxygens (including phenoxy) is 2. The standard InChI is InChI=1S/C16H15NO7P/c17-25(20,23-11-21-15(18)13-7-3-1-4-8-13)24-12-22-16(19)14-9-5-2-6-10-14/h1-10,17H,11-12H2. The van der Waals surface area contributed by atoms with Gasteiger partial charge >= 0.3 is 19.7 Å². The maximum absolute atomic E-state index is 11.7. The second-order valence-electron chi connectivity index (χ2n) is 4.59. The molecule has 0 heterocycles. The van der Waals surface area contributed by atoms with Crippen LogP contribution in [0, 0.1) is 0 Å². The zero-order valence-corrected chi connectivity index (χ0v) is 13.9. The average molecular weight is 364 g/mol. The van der Waals surface area contributed by atoms with Gasteiger partial charge in [0, 0.05) is 0 Å². The second kappa shape index (κ2) is 9.10. The van der Waals surface area contributed by atoms with E-state index in [2.05, 4.69) is 9.05 Å². The molecular formula is C16H15NO7P. The molecule has 8 nitrogen and oxygen atoms in total. The molecule has 25 heavy (non-hydrogen) atoms. The van der Waals surface area contributed by atoms with Crippen LogP contribution in [0.5, 0.6) is 0 Å². The van der Waals surface area contributed by atoms with Gasteiger partial charge in [-0.3, -0.25) is 9.05 Å². The predicted octanol–water partition coefficient (Wildman–Crippen LogP) is 3.04. The summed E-state index contributed by atoms with van der Waals surface area (Å²) >= 11 is 0. The Balaban J connectivity index is 1.70. The van der Waals surface area contributed by atoms with Crippen LogP contribution in [-0.4, -0.2) is 25.5 Å². The van der Waals surface area contributed by atoms with Crippen molar-refractivity contribution in [2.45, 2.75) is 0 Å². The lowest BCUT2D eigenvalue weighted by molar-refractivity contribution is -0.00780. The maximum atomic E-state index is 11.7. The minimum Gasteiger partial charge on any atom is -0.434 e. The molecule has 0 unspecified atom stereocenters. The Morgan fingerprint density at radius 1 is 0.760 bits per heavy atom. The van der Waals surface area contributed by atoms with Crippen LogP contribution in [0.3, 0.4) is 0 Å². The summed E-state index contributed by atoms with van der Waals surface area (Å²) in [5.74, 6) is -1.40. The lowest BCUT2D eigenvalue weighted by Crippen LogP contribution is -2.11. The number of hydrogen-bond acceptors (Lipinski definition) is 7. The van der Waals surface area contributed by atoms with Gasteiger partial charge in [0.2, 0.25) is 13.6 Å². The molecule has 2 aromatic carbocycles. The monoisotopic (exact) mass is 364 g/mol. The fourth-order valence-corrected chi connectivity index (χ4v) is 2.11. The molecule has 0 aliphatic rings. The van der Waals surface area contributed by atoms with Gasteiger partial charge in [-0.05, 0) is 24.3 Å². The van der Waals surface area contributed by atoms with E-state index in [9.17, 15) is 14.2 Å². The molecule has 0 aromatic heterocycles. The van der Waals surface area contributed by atoms with Gasteiger partial charge in [0.15, 0.2) is 0 Å². The molecule has 0 fully saturated rings. The van der Waals surface area contributed by atoms with E-state index in [0.717, 1.165) is 0 Å². The molecule has 2 rings (SSSR count). The quantitative estimate of drug-likeness (QED) is 0.402. The van der Waals surface area contributed by atoms with Crippen molar-refractivity contribution in [3.63, 3.8) is 0 Å². The molecule has 0 atom stereocenters. The van der Waals surface area contributed by atoms with Gasteiger partial charge < -0.3 is 9.47 Å². The molecule has 0 saturated heterocycles. The highest BCUT2D eigenvalue weighted by Gasteiger charge is 2.22. The topological polar surface area (TPSA) is 112 Å². The average Bonchev–Trinajstić information content (AvgIpc) is 2.62. The minimum atomic E-state index is -4.29. The summed E-state index contributed by atoms with van der Waals surface area (Å²) in [5.41, 5.74) is 7.91. The van der Waals surface area contributed by atoms with Crippen molar-refractivity contribution < 1.29 is 32.7 Å². The van der Waals surface area contributed by atoms with Crippen LogP contribution < -0.4 is 5.50 Å². The molecule has 1 radical (unpaired) electrons. The van der Waals surface area contributed by atoms with E-state index in [1.54, 1.807) is 36.4 Å². The van der Waals surface area contributed by atoms with E-state index in [0.29, 0.717) is 0 Å². The molecule has 0 bridgehead atoms. The van der Waals surface area contributed by atoms with Crippen molar-refractivity contribution in [2.24, 2.45) is 0 Å². The molecule has 0 aliphatic heterocycles. The van der Waals surface area contributed by atoms with Crippen molar-refractivity contribution in [2.75, 3.05) is 13.6 Å². The van der Waals surface area contributed by atoms with Crippen molar-refractivity contribution in [3.05, 3.63) is 71.8 Å². The van der Waals surface area contributed by atoms with Crippen molar-refractivity contribution in [1.82, 2.24) is 5.50 Å². The summed E-state index contributed by atoms with van der Waals surface area (Å²) in [7, 11) is -4.29. The Kier molecular flexibility index (Phi) is 6.85. The van der Waals surface area contributed by atoms with E-state index in [-0.39, 0.29) is 11.1 Å². The molecule has 2 aromatic rings. The lowest BCUT2D eigenvalue weighted by atomic mass is 10.2. The zero-order chi connectivity index (χ0) is 18.1. The van der Waals surface area contributed by atoms with E-state index >= 15 is 0 Å². The fourth-order valence-electron chi connectivity index (χ4n) is 1.65. The Morgan fingerprint density at radius 3 is 1.48 bits per heavy atom. The van der Waals surface area contributed by atoms with E-state index in [1.165, 1.54) is 24.3 Å². The first-order valence-electron chi connectivity index (χ1n) is 7.06. The van der Waals surface area contributed by atoms with Crippen LogP contribution in [0.1, 0.15) is 20.7 Å². The number of benzene rings is 2. The normalized spacial score (nSPS) is 10.9. The van der Waals surface area contributed by atoms with Gasteiger partial charge in [-0.2, -0.15) is 0 Å². The van der Waals surface area contributed by atoms with Gasteiger partial charge in [-0.25, -0.2) is 14.2 Å². The van der Waals surface area contributed by atoms with Gasteiger partial charge in [-0.1, -0.05) is 36.4 Å². The van der Waals surface area contributed by atoms with Gasteiger partial charge in [0.1, 0.15) is 0 Å². The molecule has 0 spiro atoms. The number of rotatable bonds is 8. The number of carbonyl (C=O) groups excluding carboxylic acids is 2. The van der Waals surface area contributed by atoms with Crippen LogP contribution in [0.4, 0.5) is 0 Å². The summed E-state index contributed by atoms with van der Waals surface area (Å²) in [5, 5.41) is 0. The summed E-state index contributed by atoms with van der Waals surface area (Å²) in [6, 6.07) is 16.2. The molecule has 0 amide bonds. The molecule has 9 heteroatoms. The fraction of sp³-hybridized carbons (Fsp3) is 0.125. The Labute approximate surface area is 144 Å². The number of hydrogen-bond donors (Lipinski definition) is 0. The van der Waals surface area contributed by atoms with Crippen molar-refractivity contribution in [3.8, 4) is 0 Å². The smallest absolute Gasteiger partial charge is 0.425 e. The van der Waals surface area contributed by atoms with Crippen LogP contribution in [0.2, 0.25) is 0 Å². The molecular weight excluding hydrogens is 349 g/mol. The number of esters is 2. The summed E-state index contributed by atoms with van der Waals surface area (Å²) in [6.45, 7) is -1.47. The predicted molar refractivity (Wildman–Crippen MR) is 86.3 cm³/mol. The lowest BCUT2D eigenvalue weighted by Gasteiger charge is -2.13. The van der Waals surface area contributed by atoms with Gasteiger partial charge in [-0.15, -0.1) is 5.50 Å². The highest BCUT2D eigenvalue weighted by Crippen LogP contribution is 2.41. The Bertz CT molecular complexity index is 690. The van der Waals surface area contributed by atoms with Crippen molar-refractivity contribution in [1.29, 1.82) is 0 Å². The highest BCUT2D eigenvalue weighted by molar-refractivity contribution is 7.50. The number of carbonyl (C=O) groups is 2. The third kappa shape index (κ3) is 6.48. The second-order valence-corrected chi connectivity index (χ2v) is 6.10. The SMILES string of the molecule is [NH]P(=O)(OCOC(=O)c1ccccc1)OCOC(=O)c1ccccc1. The molecule has 1 N–H and O–H groups in total. The summed E-state index contributed by atoms with van der Waals surface area (Å²) < 4.78 is 30.3. The summed E-state index contributed by atoms with van der Waals surface area (Å²) in [4.78, 5) is 23.3. The molecule has 0 aliphatic carbocycles. The van der Waals surface area contributed by atoms with E-state index in [1.807, 2.05) is 0 Å². The largest absolute Gasteiger partial charge is 0.434 e. The Morgan fingerprint density at radius 2 is 1.12 bits per heavy atom. The summed E-state index contributed by atoms with van der Waals surface area (Å²) in [6.07, 6.45) is 0. The minimum absolute atomic E-state index is 0.281. The third-order valence-corrected chi connectivity index (χ3v) is 3.74. The molecule has 0 saturated carbocycles. The zero-order valence-electron chi connectivity index (χ0n) is 13.0. The van der Waals surface area contributed by atoms with Crippen LogP contribution in [-0.2, 0) is 23.1 Å². The highest BCUT2D eigenvalue weighted by atomic mass is 31.2. The first-order valence-corrected chi connectivity index (χ1v) is 8.61. The van der Waals surface area contributed by atoms with Crippen LogP contribution >= 0.6 is 7.75 Å². The third-order valence-electron chi connectivity index (χ3n) is 2.84. The van der Waals surface area contributed by atoms with Crippen LogP contribution in [0.15, 0.2) is 60.7 Å². The first-order chi connectivity index (χ1) is 12.0. The van der Waals surface area contributed by atoms with E-state index < -0.39 is 33.3 Å². The van der Waals surface area contributed by atoms with Gasteiger partial charge in [0.25, 0.3) is 0 Å². The first kappa shape index (κ1) is 18.8.